The molecule has 0 bridgehead atoms. The Labute approximate surface area is 70.9 Å². The van der Waals surface area contributed by atoms with Gasteiger partial charge in [-0.2, -0.15) is 0 Å². The first-order valence-electron chi connectivity index (χ1n) is 3.25. The van der Waals surface area contributed by atoms with Crippen molar-refractivity contribution in [3.63, 3.8) is 0 Å². The fraction of sp³-hybridized carbons (Fsp3) is 0.111. The molecule has 0 aromatic heterocycles. The average molecular weight is 169 g/mol. The van der Waals surface area contributed by atoms with E-state index in [1.165, 1.54) is 6.07 Å². The maximum atomic E-state index is 9.12. The van der Waals surface area contributed by atoms with Gasteiger partial charge in [0.1, 0.15) is 5.75 Å². The van der Waals surface area contributed by atoms with Gasteiger partial charge in [-0.1, -0.05) is 23.8 Å². The second kappa shape index (κ2) is 2.97. The van der Waals surface area contributed by atoms with Gasteiger partial charge in [0.25, 0.3) is 0 Å². The highest BCUT2D eigenvalue weighted by Crippen LogP contribution is 2.23. The van der Waals surface area contributed by atoms with Crippen molar-refractivity contribution in [2.24, 2.45) is 0 Å². The topological polar surface area (TPSA) is 20.2 Å². The summed E-state index contributed by atoms with van der Waals surface area (Å²) in [6, 6.07) is 4.89. The smallest absolute Gasteiger partial charge is 0.117 e. The van der Waals surface area contributed by atoms with Crippen molar-refractivity contribution in [2.45, 2.75) is 6.92 Å². The van der Waals surface area contributed by atoms with Gasteiger partial charge >= 0.3 is 0 Å². The molecule has 1 N–H and O–H groups in total. The van der Waals surface area contributed by atoms with E-state index in [-0.39, 0.29) is 5.75 Å². The van der Waals surface area contributed by atoms with Gasteiger partial charge in [-0.15, -0.1) is 0 Å². The van der Waals surface area contributed by atoms with Crippen molar-refractivity contribution >= 4 is 17.2 Å². The number of phenolic OH excluding ortho intramolecular Hbond substituents is 1. The predicted molar refractivity (Wildman–Crippen MR) is 47.8 cm³/mol. The van der Waals surface area contributed by atoms with E-state index in [0.29, 0.717) is 5.02 Å². The van der Waals surface area contributed by atoms with E-state index in [0.717, 1.165) is 11.1 Å². The van der Waals surface area contributed by atoms with E-state index < -0.39 is 0 Å². The van der Waals surface area contributed by atoms with E-state index >= 15 is 0 Å². The molecule has 0 saturated carbocycles. The Morgan fingerprint density at radius 1 is 1.45 bits per heavy atom. The molecule has 0 amide bonds. The van der Waals surface area contributed by atoms with Crippen molar-refractivity contribution in [1.82, 2.24) is 0 Å². The van der Waals surface area contributed by atoms with E-state index in [1.54, 1.807) is 12.1 Å². The number of aromatic hydroxyl groups is 1. The van der Waals surface area contributed by atoms with Crippen LogP contribution in [0, 0.1) is 0 Å². The van der Waals surface area contributed by atoms with E-state index in [4.69, 9.17) is 16.7 Å². The van der Waals surface area contributed by atoms with Crippen LogP contribution in [-0.4, -0.2) is 5.11 Å². The summed E-state index contributed by atoms with van der Waals surface area (Å²) in [7, 11) is 0. The summed E-state index contributed by atoms with van der Waals surface area (Å²) in [5.74, 6) is 0.176. The van der Waals surface area contributed by atoms with Crippen LogP contribution < -0.4 is 0 Å². The summed E-state index contributed by atoms with van der Waals surface area (Å²) >= 11 is 5.69. The number of allylic oxidation sites excluding steroid dienone is 1. The molecule has 0 aliphatic heterocycles. The lowest BCUT2D eigenvalue weighted by molar-refractivity contribution is 0.475. The van der Waals surface area contributed by atoms with Gasteiger partial charge in [-0.05, 0) is 30.7 Å². The van der Waals surface area contributed by atoms with Gasteiger partial charge in [0.15, 0.2) is 0 Å². The summed E-state index contributed by atoms with van der Waals surface area (Å²) in [4.78, 5) is 0. The summed E-state index contributed by atoms with van der Waals surface area (Å²) in [5.41, 5.74) is 1.76. The highest BCUT2D eigenvalue weighted by atomic mass is 35.5. The molecule has 0 spiro atoms. The third-order valence-electron chi connectivity index (χ3n) is 1.38. The van der Waals surface area contributed by atoms with Gasteiger partial charge in [0, 0.05) is 5.02 Å². The largest absolute Gasteiger partial charge is 0.508 e. The standard InChI is InChI=1S/C9H9ClO/c1-6(2)7-3-8(10)5-9(11)4-7/h3-5,11H,1H2,2H3. The third-order valence-corrected chi connectivity index (χ3v) is 1.59. The quantitative estimate of drug-likeness (QED) is 0.684. The maximum absolute atomic E-state index is 9.12. The zero-order chi connectivity index (χ0) is 8.43. The monoisotopic (exact) mass is 168 g/mol. The molecule has 58 valence electrons. The van der Waals surface area contributed by atoms with Crippen LogP contribution in [0.15, 0.2) is 24.8 Å². The summed E-state index contributed by atoms with van der Waals surface area (Å²) in [6.07, 6.45) is 0. The Balaban J connectivity index is 3.19. The van der Waals surface area contributed by atoms with Gasteiger partial charge in [0.05, 0.1) is 0 Å². The van der Waals surface area contributed by atoms with Crippen molar-refractivity contribution < 1.29 is 5.11 Å². The van der Waals surface area contributed by atoms with Crippen LogP contribution in [0.1, 0.15) is 12.5 Å². The number of phenols is 1. The normalized spacial score (nSPS) is 9.64. The lowest BCUT2D eigenvalue weighted by atomic mass is 10.1. The van der Waals surface area contributed by atoms with Gasteiger partial charge < -0.3 is 5.11 Å². The zero-order valence-electron chi connectivity index (χ0n) is 6.26. The number of benzene rings is 1. The van der Waals surface area contributed by atoms with Crippen LogP contribution in [0.25, 0.3) is 5.57 Å². The van der Waals surface area contributed by atoms with Crippen molar-refractivity contribution in [2.75, 3.05) is 0 Å². The molecule has 1 rings (SSSR count). The molecule has 0 fully saturated rings. The molecule has 1 aromatic carbocycles. The van der Waals surface area contributed by atoms with Gasteiger partial charge in [0.2, 0.25) is 0 Å². The van der Waals surface area contributed by atoms with E-state index in [2.05, 4.69) is 6.58 Å². The van der Waals surface area contributed by atoms with E-state index in [9.17, 15) is 0 Å². The fourth-order valence-electron chi connectivity index (χ4n) is 0.821. The Bertz CT molecular complexity index is 271. The minimum absolute atomic E-state index is 0.176. The zero-order valence-corrected chi connectivity index (χ0v) is 7.02. The van der Waals surface area contributed by atoms with Crippen molar-refractivity contribution in [3.8, 4) is 5.75 Å². The summed E-state index contributed by atoms with van der Waals surface area (Å²) in [5, 5.41) is 9.65. The second-order valence-corrected chi connectivity index (χ2v) is 2.91. The molecule has 0 aliphatic carbocycles. The Morgan fingerprint density at radius 3 is 2.55 bits per heavy atom. The number of rotatable bonds is 1. The number of hydrogen-bond donors (Lipinski definition) is 1. The first kappa shape index (κ1) is 8.15. The molecule has 2 heteroatoms. The van der Waals surface area contributed by atoms with Crippen LogP contribution in [0.4, 0.5) is 0 Å². The molecule has 0 saturated heterocycles. The molecule has 0 radical (unpaired) electrons. The summed E-state index contributed by atoms with van der Waals surface area (Å²) in [6.45, 7) is 5.60. The Kier molecular flexibility index (Phi) is 2.20. The fourth-order valence-corrected chi connectivity index (χ4v) is 1.05. The highest BCUT2D eigenvalue weighted by Gasteiger charge is 1.97. The van der Waals surface area contributed by atoms with E-state index in [1.807, 2.05) is 6.92 Å². The summed E-state index contributed by atoms with van der Waals surface area (Å²) < 4.78 is 0. The number of hydrogen-bond acceptors (Lipinski definition) is 1. The van der Waals surface area contributed by atoms with Crippen molar-refractivity contribution in [1.29, 1.82) is 0 Å². The van der Waals surface area contributed by atoms with Crippen molar-refractivity contribution in [3.05, 3.63) is 35.4 Å². The SMILES string of the molecule is C=C(C)c1cc(O)cc(Cl)c1. The van der Waals surface area contributed by atoms with Crippen LogP contribution in [0.5, 0.6) is 5.75 Å². The number of halogens is 1. The first-order chi connectivity index (χ1) is 5.09. The molecule has 0 atom stereocenters. The maximum Gasteiger partial charge on any atom is 0.117 e. The molecule has 0 heterocycles. The van der Waals surface area contributed by atoms with Crippen LogP contribution >= 0.6 is 11.6 Å². The molecular formula is C9H9ClO. The minimum atomic E-state index is 0.176. The van der Waals surface area contributed by atoms with Crippen LogP contribution in [0.2, 0.25) is 5.02 Å². The first-order valence-corrected chi connectivity index (χ1v) is 3.63. The molecule has 1 aromatic rings. The molecule has 1 nitrogen and oxygen atoms in total. The molecule has 0 unspecified atom stereocenters. The lowest BCUT2D eigenvalue weighted by Gasteiger charge is -2.00. The average Bonchev–Trinajstić information content (AvgIpc) is 1.85. The lowest BCUT2D eigenvalue weighted by Crippen LogP contribution is -1.77. The van der Waals surface area contributed by atoms with Gasteiger partial charge in [-0.3, -0.25) is 0 Å². The second-order valence-electron chi connectivity index (χ2n) is 2.48. The minimum Gasteiger partial charge on any atom is -0.508 e. The third kappa shape index (κ3) is 1.99. The van der Waals surface area contributed by atoms with Crippen LogP contribution in [-0.2, 0) is 0 Å². The highest BCUT2D eigenvalue weighted by molar-refractivity contribution is 6.30. The predicted octanol–water partition coefficient (Wildman–Crippen LogP) is 3.08. The van der Waals surface area contributed by atoms with Crippen LogP contribution in [0.3, 0.4) is 0 Å². The molecular weight excluding hydrogens is 160 g/mol. The molecule has 0 aliphatic rings. The Morgan fingerprint density at radius 2 is 2.09 bits per heavy atom. The Hall–Kier alpha value is -0.950. The van der Waals surface area contributed by atoms with Gasteiger partial charge in [-0.25, -0.2) is 0 Å². The molecule has 11 heavy (non-hydrogen) atoms.